The van der Waals surface area contributed by atoms with E-state index in [9.17, 15) is 0 Å². The van der Waals surface area contributed by atoms with Crippen molar-refractivity contribution in [1.82, 2.24) is 0 Å². The smallest absolute Gasteiger partial charge is 0.113 e. The molecule has 8 N–H and O–H groups in total. The number of aryl methyl sites for hydroxylation is 2. The third-order valence-electron chi connectivity index (χ3n) is 3.63. The molecule has 132 valence electrons. The van der Waals surface area contributed by atoms with Gasteiger partial charge in [-0.2, -0.15) is 0 Å². The van der Waals surface area contributed by atoms with Gasteiger partial charge in [-0.1, -0.05) is 26.7 Å². The van der Waals surface area contributed by atoms with Crippen molar-refractivity contribution in [3.63, 3.8) is 0 Å². The average Bonchev–Trinajstić information content (AvgIpc) is 2.55. The van der Waals surface area contributed by atoms with Crippen LogP contribution in [0.2, 0.25) is 0 Å². The van der Waals surface area contributed by atoms with Crippen LogP contribution in [0.5, 0.6) is 0 Å². The van der Waals surface area contributed by atoms with Crippen molar-refractivity contribution in [2.24, 2.45) is 0 Å². The molecule has 0 radical (unpaired) electrons. The Labute approximate surface area is 144 Å². The molecule has 0 aliphatic heterocycles. The molecule has 0 aliphatic carbocycles. The molecule has 0 atom stereocenters. The van der Waals surface area contributed by atoms with Gasteiger partial charge in [0.1, 0.15) is 6.73 Å². The van der Waals surface area contributed by atoms with E-state index in [4.69, 9.17) is 22.3 Å². The zero-order chi connectivity index (χ0) is 17.9. The zero-order valence-electron chi connectivity index (χ0n) is 14.7. The lowest BCUT2D eigenvalue weighted by atomic mass is 10.1. The highest BCUT2D eigenvalue weighted by molar-refractivity contribution is 5.57. The highest BCUT2D eigenvalue weighted by Crippen LogP contribution is 2.19. The van der Waals surface area contributed by atoms with Crippen LogP contribution in [0, 0.1) is 0 Å². The van der Waals surface area contributed by atoms with Crippen LogP contribution in [0.15, 0.2) is 36.4 Å². The molecule has 0 amide bonds. The van der Waals surface area contributed by atoms with Gasteiger partial charge < -0.3 is 27.6 Å². The normalized spacial score (nSPS) is 9.96. The zero-order valence-corrected chi connectivity index (χ0v) is 14.7. The molecule has 0 fully saturated rings. The third-order valence-corrected chi connectivity index (χ3v) is 3.63. The molecule has 0 saturated carbocycles. The van der Waals surface area contributed by atoms with Gasteiger partial charge >= 0.3 is 0 Å². The quantitative estimate of drug-likeness (QED) is 0.412. The predicted molar refractivity (Wildman–Crippen MR) is 105 cm³/mol. The summed E-state index contributed by atoms with van der Waals surface area (Å²) in [6.45, 7) is 4.20. The highest BCUT2D eigenvalue weighted by atomic mass is 16.3. The van der Waals surface area contributed by atoms with E-state index >= 15 is 0 Å². The van der Waals surface area contributed by atoms with Crippen LogP contribution in [-0.2, 0) is 12.8 Å². The minimum Gasteiger partial charge on any atom is -0.399 e. The maximum atomic E-state index is 8.67. The van der Waals surface area contributed by atoms with Gasteiger partial charge in [0, 0.05) is 22.7 Å². The average molecular weight is 330 g/mol. The number of nitrogens with one attached hydrogen (secondary N) is 1. The lowest BCUT2D eigenvalue weighted by molar-refractivity contribution is 0.325. The second kappa shape index (κ2) is 10.4. The van der Waals surface area contributed by atoms with Gasteiger partial charge in [0.2, 0.25) is 0 Å². The highest BCUT2D eigenvalue weighted by Gasteiger charge is 1.99. The standard InChI is InChI=1S/C10H16N2O.C9H14N2/c1-2-3-8-6-9(12-7-13)4-5-10(8)11;1-2-3-7-6-8(10)4-5-9(7)11/h4-6,12-13H,2-3,7,11H2,1H3;4-6H,2-3,10-11H2,1H3. The Morgan fingerprint density at radius 2 is 1.38 bits per heavy atom. The van der Waals surface area contributed by atoms with E-state index in [-0.39, 0.29) is 6.73 Å². The van der Waals surface area contributed by atoms with Gasteiger partial charge in [-0.05, 0) is 60.4 Å². The number of nitrogen functional groups attached to an aromatic ring is 3. The molecule has 0 aliphatic rings. The van der Waals surface area contributed by atoms with Crippen LogP contribution in [0.1, 0.15) is 37.8 Å². The van der Waals surface area contributed by atoms with Crippen LogP contribution >= 0.6 is 0 Å². The van der Waals surface area contributed by atoms with Crippen LogP contribution in [0.4, 0.5) is 22.7 Å². The minimum atomic E-state index is -0.0461. The summed E-state index contributed by atoms with van der Waals surface area (Å²) < 4.78 is 0. The third kappa shape index (κ3) is 6.38. The fraction of sp³-hybridized carbons (Fsp3) is 0.368. The monoisotopic (exact) mass is 330 g/mol. The summed E-state index contributed by atoms with van der Waals surface area (Å²) in [5, 5.41) is 11.5. The van der Waals surface area contributed by atoms with E-state index in [0.29, 0.717) is 0 Å². The van der Waals surface area contributed by atoms with Crippen molar-refractivity contribution in [3.8, 4) is 0 Å². The molecule has 0 unspecified atom stereocenters. The Bertz CT molecular complexity index is 629. The first kappa shape index (κ1) is 19.6. The van der Waals surface area contributed by atoms with Crippen molar-refractivity contribution >= 4 is 22.7 Å². The van der Waals surface area contributed by atoms with Crippen molar-refractivity contribution in [3.05, 3.63) is 47.5 Å². The van der Waals surface area contributed by atoms with Crippen molar-refractivity contribution < 1.29 is 5.11 Å². The summed E-state index contributed by atoms with van der Waals surface area (Å²) in [5.41, 5.74) is 22.8. The number of hydrogen-bond acceptors (Lipinski definition) is 5. The van der Waals surface area contributed by atoms with Crippen LogP contribution in [0.25, 0.3) is 0 Å². The lowest BCUT2D eigenvalue weighted by Gasteiger charge is -2.08. The first-order chi connectivity index (χ1) is 11.5. The molecule has 0 bridgehead atoms. The van der Waals surface area contributed by atoms with E-state index in [0.717, 1.165) is 59.6 Å². The fourth-order valence-electron chi connectivity index (χ4n) is 2.40. The Kier molecular flexibility index (Phi) is 8.50. The molecule has 0 aromatic heterocycles. The van der Waals surface area contributed by atoms with Crippen LogP contribution in [0.3, 0.4) is 0 Å². The van der Waals surface area contributed by atoms with Gasteiger partial charge in [-0.3, -0.25) is 0 Å². The Morgan fingerprint density at radius 1 is 0.833 bits per heavy atom. The Morgan fingerprint density at radius 3 is 1.92 bits per heavy atom. The number of hydrogen-bond donors (Lipinski definition) is 5. The van der Waals surface area contributed by atoms with Crippen molar-refractivity contribution in [1.29, 1.82) is 0 Å². The molecule has 2 aromatic carbocycles. The number of benzene rings is 2. The molecular weight excluding hydrogens is 300 g/mol. The summed E-state index contributed by atoms with van der Waals surface area (Å²) >= 11 is 0. The lowest BCUT2D eigenvalue weighted by Crippen LogP contribution is -2.01. The maximum Gasteiger partial charge on any atom is 0.113 e. The summed E-state index contributed by atoms with van der Waals surface area (Å²) in [5.74, 6) is 0. The van der Waals surface area contributed by atoms with E-state index in [1.54, 1.807) is 0 Å². The van der Waals surface area contributed by atoms with Gasteiger partial charge in [0.05, 0.1) is 0 Å². The number of aliphatic hydroxyl groups excluding tert-OH is 1. The number of anilines is 4. The summed E-state index contributed by atoms with van der Waals surface area (Å²) in [4.78, 5) is 0. The molecular formula is C19H30N4O. The Hall–Kier alpha value is -2.40. The fourth-order valence-corrected chi connectivity index (χ4v) is 2.40. The Balaban J connectivity index is 0.000000243. The molecule has 0 spiro atoms. The SMILES string of the molecule is CCCc1cc(N)ccc1N.CCCc1cc(NCO)ccc1N. The second-order valence-electron chi connectivity index (χ2n) is 5.71. The molecule has 0 heterocycles. The first-order valence-electron chi connectivity index (χ1n) is 8.38. The van der Waals surface area contributed by atoms with E-state index in [1.807, 2.05) is 36.4 Å². The topological polar surface area (TPSA) is 110 Å². The largest absolute Gasteiger partial charge is 0.399 e. The molecule has 0 saturated heterocycles. The number of aliphatic hydroxyl groups is 1. The number of nitrogens with two attached hydrogens (primary N) is 3. The molecule has 2 aromatic rings. The van der Waals surface area contributed by atoms with Crippen molar-refractivity contribution in [2.75, 3.05) is 29.2 Å². The van der Waals surface area contributed by atoms with Crippen LogP contribution < -0.4 is 22.5 Å². The van der Waals surface area contributed by atoms with Gasteiger partial charge in [-0.15, -0.1) is 0 Å². The first-order valence-corrected chi connectivity index (χ1v) is 8.38. The summed E-state index contributed by atoms with van der Waals surface area (Å²) in [6, 6.07) is 11.3. The second-order valence-corrected chi connectivity index (χ2v) is 5.71. The maximum absolute atomic E-state index is 8.67. The minimum absolute atomic E-state index is 0.0461. The molecule has 24 heavy (non-hydrogen) atoms. The van der Waals surface area contributed by atoms with Gasteiger partial charge in [0.25, 0.3) is 0 Å². The van der Waals surface area contributed by atoms with Gasteiger partial charge in [0.15, 0.2) is 0 Å². The van der Waals surface area contributed by atoms with E-state index < -0.39 is 0 Å². The summed E-state index contributed by atoms with van der Waals surface area (Å²) in [6.07, 6.45) is 4.17. The number of rotatable bonds is 6. The van der Waals surface area contributed by atoms with Gasteiger partial charge in [-0.25, -0.2) is 0 Å². The van der Waals surface area contributed by atoms with Crippen LogP contribution in [-0.4, -0.2) is 11.8 Å². The van der Waals surface area contributed by atoms with Crippen molar-refractivity contribution in [2.45, 2.75) is 39.5 Å². The molecule has 2 rings (SSSR count). The summed E-state index contributed by atoms with van der Waals surface area (Å²) in [7, 11) is 0. The van der Waals surface area contributed by atoms with E-state index in [2.05, 4.69) is 19.2 Å². The predicted octanol–water partition coefficient (Wildman–Crippen LogP) is 3.39. The molecule has 5 nitrogen and oxygen atoms in total. The molecule has 5 heteroatoms. The van der Waals surface area contributed by atoms with E-state index in [1.165, 1.54) is 0 Å².